The van der Waals surface area contributed by atoms with Crippen LogP contribution in [0, 0.1) is 16.7 Å². The van der Waals surface area contributed by atoms with Crippen molar-refractivity contribution in [2.24, 2.45) is 5.41 Å². The largest absolute Gasteiger partial charge is 0.370 e. The van der Waals surface area contributed by atoms with E-state index in [0.29, 0.717) is 16.6 Å². The maximum Gasteiger partial charge on any atom is 0.103 e. The normalized spacial score (nSPS) is 13.0. The number of hydrogen-bond donors (Lipinski definition) is 0. The van der Waals surface area contributed by atoms with Gasteiger partial charge in [-0.25, -0.2) is 0 Å². The highest BCUT2D eigenvalue weighted by molar-refractivity contribution is 6.32. The van der Waals surface area contributed by atoms with E-state index in [0.717, 1.165) is 5.69 Å². The number of hydrogen-bond acceptors (Lipinski definition) is 2. The first-order valence-electron chi connectivity index (χ1n) is 5.70. The minimum absolute atomic E-state index is 0.143. The molecule has 0 saturated heterocycles. The number of halogens is 1. The first kappa shape index (κ1) is 13.9. The van der Waals surface area contributed by atoms with Crippen LogP contribution in [0.2, 0.25) is 5.02 Å². The lowest BCUT2D eigenvalue weighted by Crippen LogP contribution is -2.39. The van der Waals surface area contributed by atoms with Gasteiger partial charge in [0.1, 0.15) is 6.07 Å². The predicted octanol–water partition coefficient (Wildman–Crippen LogP) is 4.08. The average molecular weight is 251 g/mol. The van der Waals surface area contributed by atoms with Gasteiger partial charge in [-0.1, -0.05) is 38.4 Å². The van der Waals surface area contributed by atoms with Gasteiger partial charge in [-0.2, -0.15) is 5.26 Å². The van der Waals surface area contributed by atoms with Crippen molar-refractivity contribution in [3.05, 3.63) is 28.8 Å². The van der Waals surface area contributed by atoms with E-state index in [1.165, 1.54) is 0 Å². The smallest absolute Gasteiger partial charge is 0.103 e. The summed E-state index contributed by atoms with van der Waals surface area (Å²) in [5.74, 6) is 0. The summed E-state index contributed by atoms with van der Waals surface area (Å²) in [6.45, 7) is 8.71. The number of benzene rings is 1. The molecule has 0 N–H and O–H groups in total. The maximum atomic E-state index is 9.17. The van der Waals surface area contributed by atoms with Crippen LogP contribution in [0.25, 0.3) is 0 Å². The zero-order valence-corrected chi connectivity index (χ0v) is 11.8. The molecule has 1 aromatic rings. The molecule has 0 radical (unpaired) electrons. The van der Waals surface area contributed by atoms with Crippen LogP contribution in [0.5, 0.6) is 0 Å². The monoisotopic (exact) mass is 250 g/mol. The Morgan fingerprint density at radius 2 is 1.94 bits per heavy atom. The maximum absolute atomic E-state index is 9.17. The fourth-order valence-electron chi connectivity index (χ4n) is 1.71. The summed E-state index contributed by atoms with van der Waals surface area (Å²) in [6, 6.07) is 8.06. The first-order valence-corrected chi connectivity index (χ1v) is 6.08. The van der Waals surface area contributed by atoms with Crippen LogP contribution < -0.4 is 4.90 Å². The summed E-state index contributed by atoms with van der Waals surface area (Å²) in [4.78, 5) is 2.12. The molecule has 1 rings (SSSR count). The minimum atomic E-state index is 0.143. The molecule has 0 aliphatic carbocycles. The molecule has 0 amide bonds. The Hall–Kier alpha value is -1.20. The van der Waals surface area contributed by atoms with Crippen molar-refractivity contribution in [3.63, 3.8) is 0 Å². The second kappa shape index (κ2) is 4.98. The zero-order valence-electron chi connectivity index (χ0n) is 11.1. The molecule has 0 bridgehead atoms. The summed E-state index contributed by atoms with van der Waals surface area (Å²) < 4.78 is 0. The lowest BCUT2D eigenvalue weighted by molar-refractivity contribution is 0.329. The van der Waals surface area contributed by atoms with E-state index >= 15 is 0 Å². The van der Waals surface area contributed by atoms with E-state index in [1.807, 2.05) is 19.2 Å². The molecule has 0 aliphatic heterocycles. The van der Waals surface area contributed by atoms with Gasteiger partial charge < -0.3 is 4.90 Å². The Balaban J connectivity index is 3.18. The van der Waals surface area contributed by atoms with Crippen LogP contribution >= 0.6 is 11.6 Å². The van der Waals surface area contributed by atoms with E-state index in [-0.39, 0.29) is 5.41 Å². The highest BCUT2D eigenvalue weighted by Crippen LogP contribution is 2.31. The Bertz CT molecular complexity index is 441. The van der Waals surface area contributed by atoms with E-state index in [1.54, 1.807) is 6.07 Å². The van der Waals surface area contributed by atoms with Crippen LogP contribution in [0.1, 0.15) is 33.3 Å². The Labute approximate surface area is 109 Å². The Morgan fingerprint density at radius 3 is 2.41 bits per heavy atom. The molecule has 0 heterocycles. The van der Waals surface area contributed by atoms with Crippen LogP contribution in [-0.4, -0.2) is 13.1 Å². The van der Waals surface area contributed by atoms with Gasteiger partial charge >= 0.3 is 0 Å². The number of rotatable bonds is 2. The van der Waals surface area contributed by atoms with Crippen molar-refractivity contribution in [1.82, 2.24) is 0 Å². The highest BCUT2D eigenvalue weighted by atomic mass is 35.5. The van der Waals surface area contributed by atoms with Crippen molar-refractivity contribution >= 4 is 17.3 Å². The molecule has 0 aromatic heterocycles. The lowest BCUT2D eigenvalue weighted by atomic mass is 9.86. The minimum Gasteiger partial charge on any atom is -0.370 e. The van der Waals surface area contributed by atoms with Gasteiger partial charge in [-0.05, 0) is 24.5 Å². The molecule has 1 unspecified atom stereocenters. The molecule has 92 valence electrons. The number of nitriles is 1. The van der Waals surface area contributed by atoms with Crippen molar-refractivity contribution in [2.75, 3.05) is 11.9 Å². The van der Waals surface area contributed by atoms with Crippen molar-refractivity contribution in [1.29, 1.82) is 5.26 Å². The zero-order chi connectivity index (χ0) is 13.2. The number of anilines is 1. The van der Waals surface area contributed by atoms with Gasteiger partial charge in [-0.3, -0.25) is 0 Å². The molecule has 0 aliphatic rings. The second-order valence-corrected chi connectivity index (χ2v) is 5.81. The van der Waals surface area contributed by atoms with Gasteiger partial charge in [-0.15, -0.1) is 0 Å². The summed E-state index contributed by atoms with van der Waals surface area (Å²) in [6.07, 6.45) is 0. The fraction of sp³-hybridized carbons (Fsp3) is 0.500. The van der Waals surface area contributed by atoms with Crippen LogP contribution in [0.4, 0.5) is 5.69 Å². The highest BCUT2D eigenvalue weighted by Gasteiger charge is 2.25. The van der Waals surface area contributed by atoms with Crippen LogP contribution in [0.3, 0.4) is 0 Å². The number of nitrogens with zero attached hydrogens (tertiary/aromatic N) is 2. The van der Waals surface area contributed by atoms with Gasteiger partial charge in [0, 0.05) is 13.1 Å². The summed E-state index contributed by atoms with van der Waals surface area (Å²) in [7, 11) is 2.00. The summed E-state index contributed by atoms with van der Waals surface area (Å²) >= 11 is 6.04. The second-order valence-electron chi connectivity index (χ2n) is 5.40. The quantitative estimate of drug-likeness (QED) is 0.791. The summed E-state index contributed by atoms with van der Waals surface area (Å²) in [5.41, 5.74) is 1.58. The van der Waals surface area contributed by atoms with Crippen LogP contribution in [0.15, 0.2) is 18.2 Å². The van der Waals surface area contributed by atoms with Gasteiger partial charge in [0.2, 0.25) is 0 Å². The summed E-state index contributed by atoms with van der Waals surface area (Å²) in [5, 5.41) is 9.68. The molecule has 1 atom stereocenters. The SMILES string of the molecule is CC(N(C)c1cccc(Cl)c1C#N)C(C)(C)C. The van der Waals surface area contributed by atoms with Crippen LogP contribution in [-0.2, 0) is 0 Å². The molecule has 3 heteroatoms. The fourth-order valence-corrected chi connectivity index (χ4v) is 1.92. The Morgan fingerprint density at radius 1 is 1.35 bits per heavy atom. The van der Waals surface area contributed by atoms with E-state index in [2.05, 4.69) is 38.7 Å². The van der Waals surface area contributed by atoms with Crippen molar-refractivity contribution in [2.45, 2.75) is 33.7 Å². The topological polar surface area (TPSA) is 27.0 Å². The molecule has 0 saturated carbocycles. The third-order valence-corrected chi connectivity index (χ3v) is 3.63. The third kappa shape index (κ3) is 2.92. The lowest BCUT2D eigenvalue weighted by Gasteiger charge is -2.37. The molecular formula is C14H19ClN2. The van der Waals surface area contributed by atoms with Gasteiger partial charge in [0.25, 0.3) is 0 Å². The predicted molar refractivity (Wildman–Crippen MR) is 73.5 cm³/mol. The van der Waals surface area contributed by atoms with Crippen molar-refractivity contribution in [3.8, 4) is 6.07 Å². The van der Waals surface area contributed by atoms with Gasteiger partial charge in [0.05, 0.1) is 16.3 Å². The molecule has 17 heavy (non-hydrogen) atoms. The molecule has 0 fully saturated rings. The van der Waals surface area contributed by atoms with E-state index in [4.69, 9.17) is 11.6 Å². The van der Waals surface area contributed by atoms with Crippen molar-refractivity contribution < 1.29 is 0 Å². The molecular weight excluding hydrogens is 232 g/mol. The average Bonchev–Trinajstić information content (AvgIpc) is 2.25. The standard InChI is InChI=1S/C14H19ClN2/c1-10(14(2,3)4)17(5)13-8-6-7-12(15)11(13)9-16/h6-8,10H,1-5H3. The first-order chi connectivity index (χ1) is 7.79. The van der Waals surface area contributed by atoms with E-state index in [9.17, 15) is 5.26 Å². The van der Waals surface area contributed by atoms with Gasteiger partial charge in [0.15, 0.2) is 0 Å². The molecule has 0 spiro atoms. The Kier molecular flexibility index (Phi) is 4.06. The van der Waals surface area contributed by atoms with E-state index < -0.39 is 0 Å². The third-order valence-electron chi connectivity index (χ3n) is 3.32. The molecule has 2 nitrogen and oxygen atoms in total. The molecule has 1 aromatic carbocycles.